The van der Waals surface area contributed by atoms with Crippen molar-refractivity contribution in [1.29, 1.82) is 0 Å². The first-order chi connectivity index (χ1) is 6.20. The van der Waals surface area contributed by atoms with Crippen LogP contribution in [0.3, 0.4) is 0 Å². The summed E-state index contributed by atoms with van der Waals surface area (Å²) in [5.41, 5.74) is 1.85. The molecular formula is C9H19N3O. The number of hydrogen-bond donors (Lipinski definition) is 2. The fourth-order valence-corrected chi connectivity index (χ4v) is 0.357. The molecule has 1 rings (SSSR count). The second kappa shape index (κ2) is 7.49. The van der Waals surface area contributed by atoms with Gasteiger partial charge in [0.2, 0.25) is 0 Å². The highest BCUT2D eigenvalue weighted by molar-refractivity contribution is 5.25. The molecule has 0 saturated heterocycles. The maximum Gasteiger partial charge on any atom is 0.168 e. The van der Waals surface area contributed by atoms with Crippen LogP contribution in [0.5, 0.6) is 0 Å². The van der Waals surface area contributed by atoms with Gasteiger partial charge < -0.3 is 0 Å². The molecule has 0 aliphatic carbocycles. The maximum absolute atomic E-state index is 8.19. The Balaban J connectivity index is 0. The minimum absolute atomic E-state index is 0. The molecule has 0 radical (unpaired) electrons. The van der Waals surface area contributed by atoms with Crippen molar-refractivity contribution in [2.75, 3.05) is 5.48 Å². The summed E-state index contributed by atoms with van der Waals surface area (Å²) < 4.78 is 0. The molecule has 2 N–H and O–H groups in total. The zero-order valence-electron chi connectivity index (χ0n) is 8.36. The lowest BCUT2D eigenvalue weighted by molar-refractivity contribution is 0.385. The summed E-state index contributed by atoms with van der Waals surface area (Å²) >= 11 is 0. The van der Waals surface area contributed by atoms with Crippen LogP contribution >= 0.6 is 0 Å². The van der Waals surface area contributed by atoms with Crippen LogP contribution in [-0.4, -0.2) is 15.2 Å². The van der Waals surface area contributed by atoms with Crippen LogP contribution in [0, 0.1) is 5.92 Å². The molecule has 0 amide bonds. The fourth-order valence-electron chi connectivity index (χ4n) is 0.357. The number of aromatic nitrogens is 2. The molecule has 0 bridgehead atoms. The fraction of sp³-hybridized carbons (Fsp3) is 0.556. The van der Waals surface area contributed by atoms with Gasteiger partial charge in [0.15, 0.2) is 5.82 Å². The predicted octanol–water partition coefficient (Wildman–Crippen LogP) is 2.58. The number of nitrogens with zero attached hydrogens (tertiary/aromatic N) is 2. The Morgan fingerprint density at radius 3 is 2.38 bits per heavy atom. The third-order valence-electron chi connectivity index (χ3n) is 1.49. The van der Waals surface area contributed by atoms with Crippen LogP contribution in [0.15, 0.2) is 18.6 Å². The monoisotopic (exact) mass is 185 g/mol. The average molecular weight is 185 g/mol. The van der Waals surface area contributed by atoms with Crippen molar-refractivity contribution in [2.45, 2.75) is 27.2 Å². The van der Waals surface area contributed by atoms with Crippen molar-refractivity contribution in [3.05, 3.63) is 18.6 Å². The summed E-state index contributed by atoms with van der Waals surface area (Å²) in [4.78, 5) is 7.34. The molecule has 0 fully saturated rings. The van der Waals surface area contributed by atoms with E-state index in [0.29, 0.717) is 5.82 Å². The molecule has 0 unspecified atom stereocenters. The van der Waals surface area contributed by atoms with Crippen molar-refractivity contribution in [3.8, 4) is 0 Å². The van der Waals surface area contributed by atoms with Crippen LogP contribution in [0.1, 0.15) is 28.6 Å². The van der Waals surface area contributed by atoms with Gasteiger partial charge in [0, 0.05) is 13.8 Å². The third-order valence-corrected chi connectivity index (χ3v) is 1.49. The van der Waals surface area contributed by atoms with E-state index in [1.807, 2.05) is 5.48 Å². The van der Waals surface area contributed by atoms with Crippen LogP contribution in [0.2, 0.25) is 0 Å². The molecule has 1 aromatic heterocycles. The molecule has 0 aliphatic heterocycles. The Morgan fingerprint density at radius 2 is 2.15 bits per heavy atom. The Labute approximate surface area is 80.5 Å². The van der Waals surface area contributed by atoms with Gasteiger partial charge in [-0.25, -0.2) is 4.98 Å². The van der Waals surface area contributed by atoms with Gasteiger partial charge in [-0.3, -0.25) is 15.7 Å². The van der Waals surface area contributed by atoms with Crippen LogP contribution in [0.25, 0.3) is 0 Å². The van der Waals surface area contributed by atoms with Crippen LogP contribution in [-0.2, 0) is 0 Å². The van der Waals surface area contributed by atoms with Crippen molar-refractivity contribution in [3.63, 3.8) is 0 Å². The first kappa shape index (κ1) is 11.8. The van der Waals surface area contributed by atoms with Crippen molar-refractivity contribution < 1.29 is 6.63 Å². The summed E-state index contributed by atoms with van der Waals surface area (Å²) in [5, 5.41) is 8.19. The third kappa shape index (κ3) is 7.21. The summed E-state index contributed by atoms with van der Waals surface area (Å²) in [5.74, 6) is 1.24. The Morgan fingerprint density at radius 1 is 1.54 bits per heavy atom. The number of rotatable bonds is 2. The van der Waals surface area contributed by atoms with E-state index in [4.69, 9.17) is 5.21 Å². The van der Waals surface area contributed by atoms with Gasteiger partial charge in [0.1, 0.15) is 0 Å². The molecule has 0 saturated carbocycles. The first-order valence-electron chi connectivity index (χ1n) is 4.36. The number of anilines is 1. The number of hydrogen-bond acceptors (Lipinski definition) is 4. The second-order valence-electron chi connectivity index (χ2n) is 3.00. The highest BCUT2D eigenvalue weighted by Crippen LogP contribution is 1.94. The average Bonchev–Trinajstić information content (AvgIpc) is 2.20. The molecule has 4 nitrogen and oxygen atoms in total. The topological polar surface area (TPSA) is 58.0 Å². The van der Waals surface area contributed by atoms with E-state index < -0.39 is 0 Å². The van der Waals surface area contributed by atoms with Gasteiger partial charge in [-0.1, -0.05) is 27.2 Å². The summed E-state index contributed by atoms with van der Waals surface area (Å²) in [6.45, 7) is 6.64. The van der Waals surface area contributed by atoms with E-state index in [-0.39, 0.29) is 1.43 Å². The summed E-state index contributed by atoms with van der Waals surface area (Å²) in [6.07, 6.45) is 5.74. The van der Waals surface area contributed by atoms with E-state index in [1.54, 1.807) is 0 Å². The molecule has 1 aromatic rings. The minimum atomic E-state index is 0. The summed E-state index contributed by atoms with van der Waals surface area (Å²) in [7, 11) is 0. The normalized spacial score (nSPS) is 9.00. The van der Waals surface area contributed by atoms with Crippen LogP contribution < -0.4 is 5.48 Å². The van der Waals surface area contributed by atoms with E-state index in [2.05, 4.69) is 30.7 Å². The molecule has 0 spiro atoms. The van der Waals surface area contributed by atoms with Crippen molar-refractivity contribution in [1.82, 2.24) is 9.97 Å². The lowest BCUT2D eigenvalue weighted by Gasteiger charge is -1.90. The zero-order valence-corrected chi connectivity index (χ0v) is 8.36. The highest BCUT2D eigenvalue weighted by atomic mass is 16.5. The maximum atomic E-state index is 8.19. The molecule has 0 aliphatic rings. The van der Waals surface area contributed by atoms with Gasteiger partial charge in [-0.05, 0) is 5.92 Å². The lowest BCUT2D eigenvalue weighted by atomic mass is 10.2. The Bertz CT molecular complexity index is 206. The molecule has 0 atom stereocenters. The molecule has 76 valence electrons. The minimum Gasteiger partial charge on any atom is -0.290 e. The van der Waals surface area contributed by atoms with Gasteiger partial charge >= 0.3 is 0 Å². The first-order valence-corrected chi connectivity index (χ1v) is 4.36. The Hall–Kier alpha value is -1.16. The summed E-state index contributed by atoms with van der Waals surface area (Å²) in [6, 6.07) is 0. The van der Waals surface area contributed by atoms with Gasteiger partial charge in [0.05, 0.1) is 6.20 Å². The quantitative estimate of drug-likeness (QED) is 0.695. The number of nitrogens with one attached hydrogen (secondary N) is 1. The second-order valence-corrected chi connectivity index (χ2v) is 3.00. The van der Waals surface area contributed by atoms with E-state index in [9.17, 15) is 0 Å². The predicted molar refractivity (Wildman–Crippen MR) is 54.7 cm³/mol. The van der Waals surface area contributed by atoms with Gasteiger partial charge in [-0.15, -0.1) is 0 Å². The molecule has 1 heterocycles. The van der Waals surface area contributed by atoms with Gasteiger partial charge in [-0.2, -0.15) is 0 Å². The largest absolute Gasteiger partial charge is 0.290 e. The Kier molecular flexibility index (Phi) is 6.82. The molecule has 4 heteroatoms. The standard InChI is InChI=1S/C5H12.C4H5N3O.H2/c1-4-5(2)3;8-7-4-3-5-1-2-6-4;/h5H,4H2,1-3H3;1-3,8H,(H,6,7);1H. The van der Waals surface area contributed by atoms with E-state index in [1.165, 1.54) is 25.0 Å². The molecule has 13 heavy (non-hydrogen) atoms. The lowest BCUT2D eigenvalue weighted by Crippen LogP contribution is -1.91. The molecule has 0 aromatic carbocycles. The van der Waals surface area contributed by atoms with Crippen LogP contribution in [0.4, 0.5) is 5.82 Å². The van der Waals surface area contributed by atoms with E-state index >= 15 is 0 Å². The zero-order chi connectivity index (χ0) is 10.1. The van der Waals surface area contributed by atoms with Crippen molar-refractivity contribution in [2.24, 2.45) is 5.92 Å². The van der Waals surface area contributed by atoms with E-state index in [0.717, 1.165) is 5.92 Å². The van der Waals surface area contributed by atoms with Crippen molar-refractivity contribution >= 4 is 5.82 Å². The smallest absolute Gasteiger partial charge is 0.168 e. The molecular weight excluding hydrogens is 166 g/mol. The highest BCUT2D eigenvalue weighted by Gasteiger charge is 1.82. The van der Waals surface area contributed by atoms with Gasteiger partial charge in [0.25, 0.3) is 0 Å². The SMILES string of the molecule is CCC(C)C.ONc1cnccn1.[HH].